The summed E-state index contributed by atoms with van der Waals surface area (Å²) in [6, 6.07) is 75.7. The molecule has 4 heteroatoms. The normalized spacial score (nSPS) is 12.7. The number of benzene rings is 9. The van der Waals surface area contributed by atoms with Gasteiger partial charge in [-0.15, -0.1) is 0 Å². The molecule has 0 spiro atoms. The summed E-state index contributed by atoms with van der Waals surface area (Å²) in [4.78, 5) is 12.9. The average molecular weight is 808 g/mol. The zero-order valence-corrected chi connectivity index (χ0v) is 35.0. The summed E-state index contributed by atoms with van der Waals surface area (Å²) in [5, 5.41) is 3.37. The maximum Gasteiger partial charge on any atom is 0.180 e. The lowest BCUT2D eigenvalue weighted by Gasteiger charge is -2.31. The van der Waals surface area contributed by atoms with Crippen molar-refractivity contribution in [3.05, 3.63) is 223 Å². The van der Waals surface area contributed by atoms with Crippen molar-refractivity contribution >= 4 is 49.9 Å². The first kappa shape index (κ1) is 36.7. The number of hydrogen-bond donors (Lipinski definition) is 0. The van der Waals surface area contributed by atoms with Crippen molar-refractivity contribution in [1.82, 2.24) is 9.97 Å². The number of fused-ring (bicyclic) bond motifs is 7. The van der Waals surface area contributed by atoms with Gasteiger partial charge in [-0.2, -0.15) is 0 Å². The molecule has 2 heterocycles. The zero-order valence-electron chi connectivity index (χ0n) is 35.0. The van der Waals surface area contributed by atoms with E-state index in [1.165, 1.54) is 55.3 Å². The molecule has 0 atom stereocenters. The van der Waals surface area contributed by atoms with Crippen LogP contribution in [-0.2, 0) is 5.41 Å². The fourth-order valence-electron chi connectivity index (χ4n) is 9.68. The molecule has 0 amide bonds. The molecule has 0 radical (unpaired) electrons. The van der Waals surface area contributed by atoms with E-state index >= 15 is 0 Å². The summed E-state index contributed by atoms with van der Waals surface area (Å²) in [7, 11) is 0. The van der Waals surface area contributed by atoms with Crippen LogP contribution >= 0.6 is 0 Å². The van der Waals surface area contributed by atoms with Crippen molar-refractivity contribution in [1.29, 1.82) is 0 Å². The summed E-state index contributed by atoms with van der Waals surface area (Å²) in [5.41, 5.74) is 17.8. The van der Waals surface area contributed by atoms with Gasteiger partial charge in [0.05, 0.1) is 5.69 Å². The maximum atomic E-state index is 6.60. The molecule has 0 aliphatic heterocycles. The molecule has 0 saturated carbocycles. The van der Waals surface area contributed by atoms with Gasteiger partial charge in [0.1, 0.15) is 16.8 Å². The summed E-state index contributed by atoms with van der Waals surface area (Å²) >= 11 is 0. The van der Waals surface area contributed by atoms with Crippen LogP contribution in [0.4, 0.5) is 17.1 Å². The van der Waals surface area contributed by atoms with Crippen LogP contribution in [0, 0.1) is 0 Å². The molecule has 11 aromatic rings. The van der Waals surface area contributed by atoms with E-state index < -0.39 is 0 Å². The van der Waals surface area contributed by atoms with Crippen LogP contribution < -0.4 is 4.90 Å². The molecule has 0 unspecified atom stereocenters. The predicted octanol–water partition coefficient (Wildman–Crippen LogP) is 16.0. The number of furan rings is 1. The van der Waals surface area contributed by atoms with Gasteiger partial charge in [0.25, 0.3) is 0 Å². The first-order valence-corrected chi connectivity index (χ1v) is 21.6. The second-order valence-electron chi connectivity index (χ2n) is 17.0. The number of para-hydroxylation sites is 1. The van der Waals surface area contributed by atoms with Gasteiger partial charge in [-0.05, 0) is 92.9 Å². The Morgan fingerprint density at radius 1 is 0.444 bits per heavy atom. The lowest BCUT2D eigenvalue weighted by Crippen LogP contribution is -2.16. The Hall–Kier alpha value is -8.08. The van der Waals surface area contributed by atoms with E-state index in [1.807, 2.05) is 36.4 Å². The smallest absolute Gasteiger partial charge is 0.180 e. The highest BCUT2D eigenvalue weighted by Crippen LogP contribution is 2.57. The van der Waals surface area contributed by atoms with E-state index in [-0.39, 0.29) is 5.41 Å². The SMILES string of the molecule is CC1(C)c2cc(-c3nc(-c4ccccc4)nc4c3oc3ccccc34)ccc2-c2c1cc1ccccc1c2N(c1ccc(-c2ccccc2)cc1)c1ccc(-c2ccccc2)cc1. The third kappa shape index (κ3) is 6.06. The monoisotopic (exact) mass is 807 g/mol. The number of hydrogen-bond acceptors (Lipinski definition) is 4. The lowest BCUT2D eigenvalue weighted by atomic mass is 9.81. The minimum atomic E-state index is -0.345. The van der Waals surface area contributed by atoms with E-state index in [9.17, 15) is 0 Å². The highest BCUT2D eigenvalue weighted by molar-refractivity contribution is 6.11. The predicted molar refractivity (Wildman–Crippen MR) is 261 cm³/mol. The van der Waals surface area contributed by atoms with E-state index in [0.29, 0.717) is 11.4 Å². The van der Waals surface area contributed by atoms with Crippen molar-refractivity contribution in [2.24, 2.45) is 0 Å². The highest BCUT2D eigenvalue weighted by Gasteiger charge is 2.40. The Morgan fingerprint density at radius 3 is 1.60 bits per heavy atom. The highest BCUT2D eigenvalue weighted by atomic mass is 16.3. The maximum absolute atomic E-state index is 6.60. The molecule has 0 fully saturated rings. The molecule has 2 aromatic heterocycles. The molecule has 298 valence electrons. The third-order valence-corrected chi connectivity index (χ3v) is 12.9. The van der Waals surface area contributed by atoms with Gasteiger partial charge >= 0.3 is 0 Å². The molecule has 1 aliphatic carbocycles. The lowest BCUT2D eigenvalue weighted by molar-refractivity contribution is 0.660. The average Bonchev–Trinajstić information content (AvgIpc) is 3.83. The standard InChI is InChI=1S/C59H41N3O/c1-59(2)50-37-44(54-57-55(49-24-14-15-25-52(49)63-57)61-58(60-54)42-20-10-5-11-21-42)30-35-48(50)53-51(59)36-43-22-12-13-23-47(43)56(53)62(45-31-26-40(27-32-45)38-16-6-3-7-17-38)46-33-28-41(29-34-46)39-18-8-4-9-19-39/h3-37H,1-2H3. The molecular weight excluding hydrogens is 767 g/mol. The van der Waals surface area contributed by atoms with Gasteiger partial charge in [0.15, 0.2) is 11.4 Å². The van der Waals surface area contributed by atoms with Crippen molar-refractivity contribution in [3.8, 4) is 56.0 Å². The van der Waals surface area contributed by atoms with Crippen molar-refractivity contribution < 1.29 is 4.42 Å². The summed E-state index contributed by atoms with van der Waals surface area (Å²) in [6.45, 7) is 4.72. The Balaban J connectivity index is 1.08. The van der Waals surface area contributed by atoms with Crippen LogP contribution in [0.2, 0.25) is 0 Å². The fourth-order valence-corrected chi connectivity index (χ4v) is 9.68. The van der Waals surface area contributed by atoms with E-state index in [0.717, 1.165) is 50.4 Å². The quantitative estimate of drug-likeness (QED) is 0.161. The number of aromatic nitrogens is 2. The Labute approximate surface area is 366 Å². The second-order valence-corrected chi connectivity index (χ2v) is 17.0. The zero-order chi connectivity index (χ0) is 42.1. The Morgan fingerprint density at radius 2 is 0.968 bits per heavy atom. The molecule has 0 N–H and O–H groups in total. The third-order valence-electron chi connectivity index (χ3n) is 12.9. The molecule has 4 nitrogen and oxygen atoms in total. The number of anilines is 3. The molecule has 1 aliphatic rings. The van der Waals surface area contributed by atoms with Crippen molar-refractivity contribution in [2.75, 3.05) is 4.90 Å². The molecule has 9 aromatic carbocycles. The van der Waals surface area contributed by atoms with Crippen LogP contribution in [0.25, 0.3) is 88.9 Å². The first-order valence-electron chi connectivity index (χ1n) is 21.6. The minimum Gasteiger partial charge on any atom is -0.452 e. The van der Waals surface area contributed by atoms with Crippen LogP contribution in [0.1, 0.15) is 25.0 Å². The second kappa shape index (κ2) is 14.5. The van der Waals surface area contributed by atoms with Gasteiger partial charge in [0.2, 0.25) is 0 Å². The van der Waals surface area contributed by atoms with Crippen LogP contribution in [0.15, 0.2) is 217 Å². The van der Waals surface area contributed by atoms with Gasteiger partial charge in [-0.25, -0.2) is 9.97 Å². The largest absolute Gasteiger partial charge is 0.452 e. The Bertz CT molecular complexity index is 3420. The van der Waals surface area contributed by atoms with Gasteiger partial charge < -0.3 is 9.32 Å². The van der Waals surface area contributed by atoms with Crippen molar-refractivity contribution in [2.45, 2.75) is 19.3 Å². The molecular formula is C59H41N3O. The molecule has 0 saturated heterocycles. The summed E-state index contributed by atoms with van der Waals surface area (Å²) in [6.07, 6.45) is 0. The van der Waals surface area contributed by atoms with Gasteiger partial charge in [-0.1, -0.05) is 178 Å². The summed E-state index contributed by atoms with van der Waals surface area (Å²) in [5.74, 6) is 0.674. The summed E-state index contributed by atoms with van der Waals surface area (Å²) < 4.78 is 6.60. The van der Waals surface area contributed by atoms with Crippen LogP contribution in [0.3, 0.4) is 0 Å². The van der Waals surface area contributed by atoms with E-state index in [1.54, 1.807) is 0 Å². The topological polar surface area (TPSA) is 42.2 Å². The first-order chi connectivity index (χ1) is 31.0. The van der Waals surface area contributed by atoms with Crippen LogP contribution in [-0.4, -0.2) is 9.97 Å². The van der Waals surface area contributed by atoms with E-state index in [4.69, 9.17) is 14.4 Å². The molecule has 0 bridgehead atoms. The molecule has 12 rings (SSSR count). The van der Waals surface area contributed by atoms with Gasteiger partial charge in [0, 0.05) is 44.3 Å². The van der Waals surface area contributed by atoms with E-state index in [2.05, 4.69) is 195 Å². The molecule has 63 heavy (non-hydrogen) atoms. The van der Waals surface area contributed by atoms with Gasteiger partial charge in [-0.3, -0.25) is 0 Å². The number of rotatable bonds is 7. The number of nitrogens with zero attached hydrogens (tertiary/aromatic N) is 3. The minimum absolute atomic E-state index is 0.345. The van der Waals surface area contributed by atoms with Crippen molar-refractivity contribution in [3.63, 3.8) is 0 Å². The fraction of sp³-hybridized carbons (Fsp3) is 0.0508. The van der Waals surface area contributed by atoms with Crippen LogP contribution in [0.5, 0.6) is 0 Å². The Kier molecular flexibility index (Phi) is 8.48.